The van der Waals surface area contributed by atoms with Gasteiger partial charge >= 0.3 is 0 Å². The van der Waals surface area contributed by atoms with E-state index in [4.69, 9.17) is 0 Å². The highest BCUT2D eigenvalue weighted by molar-refractivity contribution is 6.09. The lowest BCUT2D eigenvalue weighted by atomic mass is 10.1. The summed E-state index contributed by atoms with van der Waals surface area (Å²) in [6.07, 6.45) is 6.42. The molecule has 7 heteroatoms. The molecule has 1 fully saturated rings. The molecule has 7 nitrogen and oxygen atoms in total. The molecule has 2 amide bonds. The maximum atomic E-state index is 13.6. The van der Waals surface area contributed by atoms with E-state index in [9.17, 15) is 9.59 Å². The second-order valence-corrected chi connectivity index (χ2v) is 7.91. The third kappa shape index (κ3) is 4.50. The molecule has 0 radical (unpaired) electrons. The maximum absolute atomic E-state index is 13.6. The van der Waals surface area contributed by atoms with Gasteiger partial charge in [-0.2, -0.15) is 5.10 Å². The molecule has 0 bridgehead atoms. The third-order valence-corrected chi connectivity index (χ3v) is 5.70. The standard InChI is InChI=1S/C24H27N5O2/c1-18-9-11-20(12-10-18)28(17-23(30)27-14-6-3-7-15-27)24(31)21-16-26-29(19(21)2)22-8-4-5-13-25-22/h4-5,8-13,16H,3,6-7,14-15,17H2,1-2H3. The average molecular weight is 418 g/mol. The van der Waals surface area contributed by atoms with Crippen LogP contribution >= 0.6 is 0 Å². The number of aryl methyl sites for hydroxylation is 1. The first-order valence-corrected chi connectivity index (χ1v) is 10.7. The summed E-state index contributed by atoms with van der Waals surface area (Å²) in [5.41, 5.74) is 2.94. The van der Waals surface area contributed by atoms with Crippen molar-refractivity contribution in [2.24, 2.45) is 0 Å². The van der Waals surface area contributed by atoms with E-state index in [-0.39, 0.29) is 18.4 Å². The average Bonchev–Trinajstić information content (AvgIpc) is 3.20. The molecule has 3 heterocycles. The van der Waals surface area contributed by atoms with E-state index in [1.807, 2.05) is 61.2 Å². The van der Waals surface area contributed by atoms with Crippen LogP contribution in [0.4, 0.5) is 5.69 Å². The van der Waals surface area contributed by atoms with Gasteiger partial charge in [0.1, 0.15) is 6.54 Å². The summed E-state index contributed by atoms with van der Waals surface area (Å²) in [6, 6.07) is 13.2. The number of carbonyl (C=O) groups is 2. The Morgan fingerprint density at radius 1 is 1.00 bits per heavy atom. The summed E-state index contributed by atoms with van der Waals surface area (Å²) in [7, 11) is 0. The molecular formula is C24H27N5O2. The fraction of sp³-hybridized carbons (Fsp3) is 0.333. The van der Waals surface area contributed by atoms with Crippen LogP contribution in [0.15, 0.2) is 54.9 Å². The van der Waals surface area contributed by atoms with Crippen LogP contribution in [0.3, 0.4) is 0 Å². The summed E-state index contributed by atoms with van der Waals surface area (Å²) in [5.74, 6) is 0.377. The van der Waals surface area contributed by atoms with Gasteiger partial charge in [-0.3, -0.25) is 14.5 Å². The Bertz CT molecular complexity index is 1050. The molecule has 0 spiro atoms. The van der Waals surface area contributed by atoms with Gasteiger partial charge in [-0.05, 0) is 57.4 Å². The lowest BCUT2D eigenvalue weighted by Crippen LogP contribution is -2.45. The van der Waals surface area contributed by atoms with Gasteiger partial charge in [0.15, 0.2) is 5.82 Å². The van der Waals surface area contributed by atoms with Crippen molar-refractivity contribution in [2.75, 3.05) is 24.5 Å². The zero-order chi connectivity index (χ0) is 21.8. The largest absolute Gasteiger partial charge is 0.341 e. The Morgan fingerprint density at radius 3 is 2.42 bits per heavy atom. The van der Waals surface area contributed by atoms with E-state index in [2.05, 4.69) is 10.1 Å². The number of likely N-dealkylation sites (tertiary alicyclic amines) is 1. The molecule has 160 valence electrons. The van der Waals surface area contributed by atoms with Gasteiger partial charge in [0, 0.05) is 25.0 Å². The number of aromatic nitrogens is 3. The summed E-state index contributed by atoms with van der Waals surface area (Å²) in [4.78, 5) is 34.3. The molecule has 0 unspecified atom stereocenters. The predicted octanol–water partition coefficient (Wildman–Crippen LogP) is 3.54. The number of rotatable bonds is 5. The van der Waals surface area contributed by atoms with Crippen molar-refractivity contribution < 1.29 is 9.59 Å². The number of pyridine rings is 1. The monoisotopic (exact) mass is 417 g/mol. The first-order valence-electron chi connectivity index (χ1n) is 10.7. The normalized spacial score (nSPS) is 13.8. The molecule has 3 aromatic rings. The highest BCUT2D eigenvalue weighted by Gasteiger charge is 2.27. The second kappa shape index (κ2) is 9.12. The SMILES string of the molecule is Cc1ccc(N(CC(=O)N2CCCCC2)C(=O)c2cnn(-c3ccccn3)c2C)cc1. The highest BCUT2D eigenvalue weighted by atomic mass is 16.2. The van der Waals surface area contributed by atoms with Gasteiger partial charge < -0.3 is 4.90 Å². The molecule has 0 aliphatic carbocycles. The van der Waals surface area contributed by atoms with Crippen molar-refractivity contribution in [1.29, 1.82) is 0 Å². The number of hydrogen-bond donors (Lipinski definition) is 0. The van der Waals surface area contributed by atoms with E-state index < -0.39 is 0 Å². The Labute approximate surface area is 182 Å². The molecule has 1 aliphatic heterocycles. The van der Waals surface area contributed by atoms with E-state index in [0.717, 1.165) is 37.9 Å². The molecule has 1 aliphatic rings. The number of anilines is 1. The summed E-state index contributed by atoms with van der Waals surface area (Å²) in [5, 5.41) is 4.38. The van der Waals surface area contributed by atoms with Crippen molar-refractivity contribution in [2.45, 2.75) is 33.1 Å². The van der Waals surface area contributed by atoms with Crippen molar-refractivity contribution in [3.8, 4) is 5.82 Å². The molecule has 1 aromatic carbocycles. The minimum atomic E-state index is -0.242. The van der Waals surface area contributed by atoms with Crippen molar-refractivity contribution >= 4 is 17.5 Å². The molecule has 0 saturated carbocycles. The Morgan fingerprint density at radius 2 is 1.74 bits per heavy atom. The van der Waals surface area contributed by atoms with Gasteiger partial charge in [0.05, 0.1) is 17.5 Å². The van der Waals surface area contributed by atoms with Gasteiger partial charge in [0.2, 0.25) is 5.91 Å². The number of amides is 2. The summed E-state index contributed by atoms with van der Waals surface area (Å²) in [6.45, 7) is 5.36. The molecule has 0 N–H and O–H groups in total. The Hall–Kier alpha value is -3.48. The lowest BCUT2D eigenvalue weighted by Gasteiger charge is -2.30. The second-order valence-electron chi connectivity index (χ2n) is 7.91. The minimum absolute atomic E-state index is 0.0100. The molecule has 0 atom stereocenters. The molecule has 2 aromatic heterocycles. The molecule has 1 saturated heterocycles. The highest BCUT2D eigenvalue weighted by Crippen LogP contribution is 2.21. The number of carbonyl (C=O) groups excluding carboxylic acids is 2. The zero-order valence-electron chi connectivity index (χ0n) is 18.0. The first kappa shape index (κ1) is 20.8. The summed E-state index contributed by atoms with van der Waals surface area (Å²) >= 11 is 0. The van der Waals surface area contributed by atoms with Gasteiger partial charge in [0.25, 0.3) is 5.91 Å². The number of benzene rings is 1. The van der Waals surface area contributed by atoms with Crippen LogP contribution in [-0.2, 0) is 4.79 Å². The van der Waals surface area contributed by atoms with Crippen LogP contribution in [0.1, 0.15) is 40.9 Å². The van der Waals surface area contributed by atoms with Crippen LogP contribution in [0.2, 0.25) is 0 Å². The fourth-order valence-electron chi connectivity index (χ4n) is 3.86. The first-order chi connectivity index (χ1) is 15.0. The lowest BCUT2D eigenvalue weighted by molar-refractivity contribution is -0.130. The minimum Gasteiger partial charge on any atom is -0.341 e. The van der Waals surface area contributed by atoms with Crippen LogP contribution in [0, 0.1) is 13.8 Å². The number of hydrogen-bond acceptors (Lipinski definition) is 4. The number of piperidine rings is 1. The van der Waals surface area contributed by atoms with Crippen LogP contribution in [0.25, 0.3) is 5.82 Å². The molecule has 4 rings (SSSR count). The van der Waals surface area contributed by atoms with E-state index in [0.29, 0.717) is 22.8 Å². The van der Waals surface area contributed by atoms with Gasteiger partial charge in [-0.25, -0.2) is 9.67 Å². The van der Waals surface area contributed by atoms with Crippen LogP contribution in [0.5, 0.6) is 0 Å². The van der Waals surface area contributed by atoms with Crippen molar-refractivity contribution in [3.05, 3.63) is 71.7 Å². The maximum Gasteiger partial charge on any atom is 0.262 e. The molecular weight excluding hydrogens is 390 g/mol. The van der Waals surface area contributed by atoms with Crippen LogP contribution < -0.4 is 4.90 Å². The Balaban J connectivity index is 1.65. The molecule has 31 heavy (non-hydrogen) atoms. The van der Waals surface area contributed by atoms with Crippen LogP contribution in [-0.4, -0.2) is 51.1 Å². The quantitative estimate of drug-likeness (QED) is 0.637. The summed E-state index contributed by atoms with van der Waals surface area (Å²) < 4.78 is 1.65. The van der Waals surface area contributed by atoms with Gasteiger partial charge in [-0.1, -0.05) is 23.8 Å². The van der Waals surface area contributed by atoms with Crippen molar-refractivity contribution in [1.82, 2.24) is 19.7 Å². The van der Waals surface area contributed by atoms with E-state index in [1.54, 1.807) is 22.0 Å². The van der Waals surface area contributed by atoms with E-state index in [1.165, 1.54) is 0 Å². The van der Waals surface area contributed by atoms with Crippen molar-refractivity contribution in [3.63, 3.8) is 0 Å². The smallest absolute Gasteiger partial charge is 0.262 e. The fourth-order valence-corrected chi connectivity index (χ4v) is 3.86. The predicted molar refractivity (Wildman–Crippen MR) is 119 cm³/mol. The zero-order valence-corrected chi connectivity index (χ0v) is 18.0. The number of nitrogens with zero attached hydrogens (tertiary/aromatic N) is 5. The Kier molecular flexibility index (Phi) is 6.11. The third-order valence-electron chi connectivity index (χ3n) is 5.70. The van der Waals surface area contributed by atoms with Gasteiger partial charge in [-0.15, -0.1) is 0 Å². The van der Waals surface area contributed by atoms with E-state index >= 15 is 0 Å². The topological polar surface area (TPSA) is 71.3 Å².